The van der Waals surface area contributed by atoms with Gasteiger partial charge in [0.1, 0.15) is 12.4 Å². The van der Waals surface area contributed by atoms with Gasteiger partial charge in [-0.05, 0) is 37.5 Å². The van der Waals surface area contributed by atoms with Crippen LogP contribution >= 0.6 is 0 Å². The second-order valence-corrected chi connectivity index (χ2v) is 5.10. The molecular weight excluding hydrogens is 292 g/mol. The lowest BCUT2D eigenvalue weighted by Crippen LogP contribution is -2.10. The van der Waals surface area contributed by atoms with Crippen molar-refractivity contribution in [3.8, 4) is 5.75 Å². The van der Waals surface area contributed by atoms with Crippen LogP contribution in [0.2, 0.25) is 0 Å². The van der Waals surface area contributed by atoms with Gasteiger partial charge in [0.15, 0.2) is 0 Å². The first-order valence-electron chi connectivity index (χ1n) is 7.82. The monoisotopic (exact) mass is 314 g/mol. The Hall–Kier alpha value is -2.33. The van der Waals surface area contributed by atoms with Crippen LogP contribution in [0.3, 0.4) is 0 Å². The summed E-state index contributed by atoms with van der Waals surface area (Å²) in [6, 6.07) is 15.2. The Bertz CT molecular complexity index is 623. The first-order valence-corrected chi connectivity index (χ1v) is 7.82. The van der Waals surface area contributed by atoms with E-state index in [0.717, 1.165) is 11.1 Å². The molecule has 0 aliphatic heterocycles. The summed E-state index contributed by atoms with van der Waals surface area (Å²) in [5.41, 5.74) is 2.35. The van der Waals surface area contributed by atoms with Crippen LogP contribution in [-0.2, 0) is 17.8 Å². The molecule has 0 aliphatic rings. The average molecular weight is 314 g/mol. The predicted molar refractivity (Wildman–Crippen MR) is 88.6 cm³/mol. The molecule has 0 saturated heterocycles. The number of aliphatic hydroxyl groups is 1. The zero-order valence-electron chi connectivity index (χ0n) is 13.3. The highest BCUT2D eigenvalue weighted by atomic mass is 16.5. The molecule has 1 N–H and O–H groups in total. The van der Waals surface area contributed by atoms with Gasteiger partial charge >= 0.3 is 5.97 Å². The minimum atomic E-state index is -0.356. The van der Waals surface area contributed by atoms with Crippen molar-refractivity contribution in [3.05, 3.63) is 65.2 Å². The summed E-state index contributed by atoms with van der Waals surface area (Å²) >= 11 is 0. The smallest absolute Gasteiger partial charge is 0.338 e. The summed E-state index contributed by atoms with van der Waals surface area (Å²) in [6.45, 7) is 2.60. The standard InChI is InChI=1S/C19H22O4/c1-2-22-19(21)17-10-6-12-18(16(17)11-7-13-20)23-14-15-8-4-3-5-9-15/h3-6,8-10,12,20H,2,7,11,13-14H2,1H3. The third-order valence-electron chi connectivity index (χ3n) is 3.45. The number of rotatable bonds is 8. The van der Waals surface area contributed by atoms with E-state index >= 15 is 0 Å². The minimum Gasteiger partial charge on any atom is -0.489 e. The van der Waals surface area contributed by atoms with Crippen molar-refractivity contribution in [1.82, 2.24) is 0 Å². The molecule has 2 rings (SSSR count). The van der Waals surface area contributed by atoms with E-state index in [1.807, 2.05) is 36.4 Å². The molecule has 4 nitrogen and oxygen atoms in total. The second-order valence-electron chi connectivity index (χ2n) is 5.10. The number of carbonyl (C=O) groups excluding carboxylic acids is 1. The summed E-state index contributed by atoms with van der Waals surface area (Å²) in [6.07, 6.45) is 1.13. The molecule has 0 unspecified atom stereocenters. The van der Waals surface area contributed by atoms with Crippen LogP contribution < -0.4 is 4.74 Å². The number of carbonyl (C=O) groups is 1. The van der Waals surface area contributed by atoms with E-state index in [1.54, 1.807) is 19.1 Å². The number of aliphatic hydroxyl groups excluding tert-OH is 1. The molecule has 0 saturated carbocycles. The SMILES string of the molecule is CCOC(=O)c1cccc(OCc2ccccc2)c1CCCO. The van der Waals surface area contributed by atoms with Gasteiger partial charge in [-0.1, -0.05) is 36.4 Å². The van der Waals surface area contributed by atoms with Crippen molar-refractivity contribution in [2.45, 2.75) is 26.4 Å². The van der Waals surface area contributed by atoms with E-state index in [4.69, 9.17) is 14.6 Å². The molecule has 0 spiro atoms. The first-order chi connectivity index (χ1) is 11.3. The molecule has 0 aliphatic carbocycles. The molecular formula is C19H22O4. The Labute approximate surface area is 136 Å². The molecule has 0 amide bonds. The van der Waals surface area contributed by atoms with Crippen LogP contribution in [0.5, 0.6) is 5.75 Å². The van der Waals surface area contributed by atoms with E-state index in [2.05, 4.69) is 0 Å². The number of hydrogen-bond donors (Lipinski definition) is 1. The summed E-state index contributed by atoms with van der Waals surface area (Å²) < 4.78 is 11.0. The van der Waals surface area contributed by atoms with Gasteiger partial charge in [0.2, 0.25) is 0 Å². The van der Waals surface area contributed by atoms with Crippen LogP contribution in [0.25, 0.3) is 0 Å². The van der Waals surface area contributed by atoms with E-state index in [1.165, 1.54) is 0 Å². The Morgan fingerprint density at radius 2 is 1.87 bits per heavy atom. The molecule has 4 heteroatoms. The van der Waals surface area contributed by atoms with Crippen molar-refractivity contribution < 1.29 is 19.4 Å². The highest BCUT2D eigenvalue weighted by Gasteiger charge is 2.16. The fourth-order valence-electron chi connectivity index (χ4n) is 2.35. The Balaban J connectivity index is 2.22. The molecule has 0 atom stereocenters. The minimum absolute atomic E-state index is 0.0648. The highest BCUT2D eigenvalue weighted by Crippen LogP contribution is 2.26. The maximum Gasteiger partial charge on any atom is 0.338 e. The van der Waals surface area contributed by atoms with Crippen molar-refractivity contribution in [1.29, 1.82) is 0 Å². The van der Waals surface area contributed by atoms with Gasteiger partial charge in [-0.25, -0.2) is 4.79 Å². The van der Waals surface area contributed by atoms with Gasteiger partial charge < -0.3 is 14.6 Å². The molecule has 0 bridgehead atoms. The zero-order valence-corrected chi connectivity index (χ0v) is 13.3. The summed E-state index contributed by atoms with van der Waals surface area (Å²) in [5.74, 6) is 0.304. The molecule has 0 heterocycles. The lowest BCUT2D eigenvalue weighted by Gasteiger charge is -2.15. The highest BCUT2D eigenvalue weighted by molar-refractivity contribution is 5.91. The Kier molecular flexibility index (Phi) is 6.63. The Morgan fingerprint density at radius 3 is 2.57 bits per heavy atom. The van der Waals surface area contributed by atoms with Crippen molar-refractivity contribution >= 4 is 5.97 Å². The molecule has 2 aromatic rings. The van der Waals surface area contributed by atoms with E-state index in [9.17, 15) is 4.79 Å². The molecule has 122 valence electrons. The lowest BCUT2D eigenvalue weighted by atomic mass is 10.0. The van der Waals surface area contributed by atoms with Crippen LogP contribution in [0, 0.1) is 0 Å². The van der Waals surface area contributed by atoms with Gasteiger partial charge in [-0.2, -0.15) is 0 Å². The normalized spacial score (nSPS) is 10.3. The second kappa shape index (κ2) is 8.96. The van der Waals surface area contributed by atoms with Gasteiger partial charge in [-0.15, -0.1) is 0 Å². The molecule has 0 fully saturated rings. The predicted octanol–water partition coefficient (Wildman–Crippen LogP) is 3.37. The lowest BCUT2D eigenvalue weighted by molar-refractivity contribution is 0.0524. The number of ether oxygens (including phenoxy) is 2. The number of hydrogen-bond acceptors (Lipinski definition) is 4. The maximum absolute atomic E-state index is 12.1. The van der Waals surface area contributed by atoms with Crippen molar-refractivity contribution in [2.24, 2.45) is 0 Å². The van der Waals surface area contributed by atoms with Gasteiger partial charge in [0.25, 0.3) is 0 Å². The van der Waals surface area contributed by atoms with Crippen molar-refractivity contribution in [3.63, 3.8) is 0 Å². The van der Waals surface area contributed by atoms with E-state index < -0.39 is 0 Å². The van der Waals surface area contributed by atoms with Crippen LogP contribution in [0.15, 0.2) is 48.5 Å². The molecule has 0 radical (unpaired) electrons. The zero-order chi connectivity index (χ0) is 16.5. The maximum atomic E-state index is 12.1. The first kappa shape index (κ1) is 17.0. The third kappa shape index (κ3) is 4.83. The van der Waals surface area contributed by atoms with Crippen LogP contribution in [0.4, 0.5) is 0 Å². The number of esters is 1. The number of benzene rings is 2. The molecule has 0 aromatic heterocycles. The van der Waals surface area contributed by atoms with Crippen molar-refractivity contribution in [2.75, 3.05) is 13.2 Å². The summed E-state index contributed by atoms with van der Waals surface area (Å²) in [7, 11) is 0. The quantitative estimate of drug-likeness (QED) is 0.759. The van der Waals surface area contributed by atoms with Gasteiger partial charge in [-0.3, -0.25) is 0 Å². The third-order valence-corrected chi connectivity index (χ3v) is 3.45. The molecule has 23 heavy (non-hydrogen) atoms. The Morgan fingerprint density at radius 1 is 1.09 bits per heavy atom. The largest absolute Gasteiger partial charge is 0.489 e. The fourth-order valence-corrected chi connectivity index (χ4v) is 2.35. The van der Waals surface area contributed by atoms with E-state index in [0.29, 0.717) is 37.4 Å². The topological polar surface area (TPSA) is 55.8 Å². The van der Waals surface area contributed by atoms with Gasteiger partial charge in [0, 0.05) is 12.2 Å². The summed E-state index contributed by atoms with van der Waals surface area (Å²) in [5, 5.41) is 9.10. The molecule has 2 aromatic carbocycles. The van der Waals surface area contributed by atoms with Crippen LogP contribution in [0.1, 0.15) is 34.8 Å². The van der Waals surface area contributed by atoms with Gasteiger partial charge in [0.05, 0.1) is 12.2 Å². The van der Waals surface area contributed by atoms with Crippen LogP contribution in [-0.4, -0.2) is 24.3 Å². The fraction of sp³-hybridized carbons (Fsp3) is 0.316. The summed E-state index contributed by atoms with van der Waals surface area (Å²) in [4.78, 5) is 12.1. The van der Waals surface area contributed by atoms with E-state index in [-0.39, 0.29) is 12.6 Å². The average Bonchev–Trinajstić information content (AvgIpc) is 2.59.